The number of nitrogens with one attached hydrogen (secondary N) is 1. The molecule has 0 aromatic carbocycles. The fourth-order valence-corrected chi connectivity index (χ4v) is 2.84. The molecule has 0 amide bonds. The maximum Gasteiger partial charge on any atom is 0.113 e. The lowest BCUT2D eigenvalue weighted by Crippen LogP contribution is -2.59. The molecule has 2 heteroatoms. The largest absolute Gasteiger partial charge is 0.245 e. The van der Waals surface area contributed by atoms with Gasteiger partial charge in [0.2, 0.25) is 0 Å². The summed E-state index contributed by atoms with van der Waals surface area (Å²) in [6.07, 6.45) is 2.58. The molecule has 0 spiro atoms. The lowest BCUT2D eigenvalue weighted by molar-refractivity contribution is -0.967. The van der Waals surface area contributed by atoms with Gasteiger partial charge in [0.25, 0.3) is 0 Å². The highest BCUT2D eigenvalue weighted by Crippen LogP contribution is 2.33. The molecule has 2 nitrogen and oxygen atoms in total. The van der Waals surface area contributed by atoms with Gasteiger partial charge in [-0.2, -0.15) is 5.43 Å². The molecule has 0 aromatic heterocycles. The van der Waals surface area contributed by atoms with Crippen LogP contribution < -0.4 is 5.43 Å². The van der Waals surface area contributed by atoms with Crippen molar-refractivity contribution in [3.63, 3.8) is 0 Å². The summed E-state index contributed by atoms with van der Waals surface area (Å²) in [6, 6.07) is 0.771. The first-order valence-corrected chi connectivity index (χ1v) is 5.50. The predicted molar refractivity (Wildman–Crippen MR) is 57.2 cm³/mol. The van der Waals surface area contributed by atoms with Crippen LogP contribution in [0.3, 0.4) is 0 Å². The van der Waals surface area contributed by atoms with Crippen molar-refractivity contribution in [1.82, 2.24) is 5.43 Å². The fraction of sp³-hybridized carbons (Fsp3) is 1.00. The summed E-state index contributed by atoms with van der Waals surface area (Å²) < 4.78 is 1.07. The minimum absolute atomic E-state index is 0.424. The molecule has 0 saturated carbocycles. The first kappa shape index (κ1) is 11.0. The molecule has 1 aliphatic rings. The topological polar surface area (TPSA) is 12.0 Å². The summed E-state index contributed by atoms with van der Waals surface area (Å²) in [4.78, 5) is 0. The number of hydrogen-bond acceptors (Lipinski definition) is 1. The van der Waals surface area contributed by atoms with Crippen molar-refractivity contribution >= 4 is 0 Å². The third-order valence-corrected chi connectivity index (χ3v) is 3.27. The maximum atomic E-state index is 3.63. The van der Waals surface area contributed by atoms with E-state index in [0.717, 1.165) is 10.6 Å². The molecule has 0 aromatic rings. The smallest absolute Gasteiger partial charge is 0.113 e. The van der Waals surface area contributed by atoms with E-state index < -0.39 is 0 Å². The Morgan fingerprint density at radius 1 is 1.38 bits per heavy atom. The molecule has 1 heterocycles. The Bertz CT molecular complexity index is 171. The van der Waals surface area contributed by atoms with Crippen molar-refractivity contribution in [3.8, 4) is 0 Å². The summed E-state index contributed by atoms with van der Waals surface area (Å²) in [7, 11) is 2.34. The molecular weight excluding hydrogens is 160 g/mol. The van der Waals surface area contributed by atoms with E-state index in [-0.39, 0.29) is 0 Å². The minimum Gasteiger partial charge on any atom is -0.245 e. The van der Waals surface area contributed by atoms with Gasteiger partial charge in [-0.25, -0.2) is 4.59 Å². The third kappa shape index (κ3) is 2.23. The number of nitrogens with zero attached hydrogens (tertiary/aromatic N) is 1. The standard InChI is InChI=1S/C11H25N2/c1-6-9-13(5)10(7-8-12-13)11(2,3)4/h10,12H,6-9H2,1-5H3/q+1. The molecule has 78 valence electrons. The van der Waals surface area contributed by atoms with Crippen molar-refractivity contribution in [2.24, 2.45) is 5.41 Å². The van der Waals surface area contributed by atoms with Crippen molar-refractivity contribution in [1.29, 1.82) is 0 Å². The van der Waals surface area contributed by atoms with Crippen LogP contribution in [-0.4, -0.2) is 30.8 Å². The van der Waals surface area contributed by atoms with Crippen LogP contribution in [0.1, 0.15) is 40.5 Å². The van der Waals surface area contributed by atoms with E-state index in [9.17, 15) is 0 Å². The zero-order valence-electron chi connectivity index (χ0n) is 9.85. The highest BCUT2D eigenvalue weighted by molar-refractivity contribution is 4.78. The minimum atomic E-state index is 0.424. The lowest BCUT2D eigenvalue weighted by Gasteiger charge is -2.41. The van der Waals surface area contributed by atoms with E-state index in [4.69, 9.17) is 0 Å². The first-order valence-electron chi connectivity index (χ1n) is 5.50. The second-order valence-electron chi connectivity index (χ2n) is 5.57. The van der Waals surface area contributed by atoms with Gasteiger partial charge in [-0.05, 0) is 6.42 Å². The normalized spacial score (nSPS) is 35.3. The summed E-state index contributed by atoms with van der Waals surface area (Å²) in [5.41, 5.74) is 4.05. The zero-order valence-corrected chi connectivity index (χ0v) is 9.85. The molecule has 1 fully saturated rings. The van der Waals surface area contributed by atoms with E-state index in [0.29, 0.717) is 5.41 Å². The Morgan fingerprint density at radius 3 is 2.46 bits per heavy atom. The maximum absolute atomic E-state index is 3.63. The van der Waals surface area contributed by atoms with Crippen molar-refractivity contribution in [2.45, 2.75) is 46.6 Å². The van der Waals surface area contributed by atoms with Gasteiger partial charge in [0.15, 0.2) is 0 Å². The second kappa shape index (κ2) is 3.58. The number of quaternary nitrogens is 1. The van der Waals surface area contributed by atoms with E-state index in [1.165, 1.54) is 25.9 Å². The molecule has 1 saturated heterocycles. The van der Waals surface area contributed by atoms with Crippen LogP contribution in [0, 0.1) is 5.41 Å². The Balaban J connectivity index is 2.73. The van der Waals surface area contributed by atoms with E-state index in [2.05, 4.69) is 40.2 Å². The lowest BCUT2D eigenvalue weighted by atomic mass is 9.84. The molecule has 0 bridgehead atoms. The zero-order chi connectivity index (χ0) is 10.1. The van der Waals surface area contributed by atoms with Gasteiger partial charge < -0.3 is 0 Å². The van der Waals surface area contributed by atoms with Crippen LogP contribution >= 0.6 is 0 Å². The van der Waals surface area contributed by atoms with Gasteiger partial charge in [-0.3, -0.25) is 0 Å². The second-order valence-corrected chi connectivity index (χ2v) is 5.57. The van der Waals surface area contributed by atoms with Crippen molar-refractivity contribution in [3.05, 3.63) is 0 Å². The molecule has 1 rings (SSSR count). The van der Waals surface area contributed by atoms with Crippen LogP contribution in [0.4, 0.5) is 0 Å². The summed E-state index contributed by atoms with van der Waals surface area (Å²) in [5.74, 6) is 0. The summed E-state index contributed by atoms with van der Waals surface area (Å²) >= 11 is 0. The van der Waals surface area contributed by atoms with Crippen molar-refractivity contribution in [2.75, 3.05) is 20.1 Å². The average molecular weight is 185 g/mol. The highest BCUT2D eigenvalue weighted by atomic mass is 15.7. The van der Waals surface area contributed by atoms with Crippen LogP contribution in [0.25, 0.3) is 0 Å². The van der Waals surface area contributed by atoms with Crippen LogP contribution in [0.15, 0.2) is 0 Å². The molecule has 0 aliphatic carbocycles. The Kier molecular flexibility index (Phi) is 3.03. The highest BCUT2D eigenvalue weighted by Gasteiger charge is 2.44. The first-order chi connectivity index (χ1) is 5.90. The molecule has 2 unspecified atom stereocenters. The average Bonchev–Trinajstić information content (AvgIpc) is 2.30. The van der Waals surface area contributed by atoms with Gasteiger partial charge in [0.1, 0.15) is 6.04 Å². The van der Waals surface area contributed by atoms with Gasteiger partial charge in [-0.15, -0.1) is 0 Å². The number of rotatable bonds is 2. The monoisotopic (exact) mass is 185 g/mol. The third-order valence-electron chi connectivity index (χ3n) is 3.27. The SMILES string of the molecule is CCC[N+]1(C)NCCC1C(C)(C)C. The molecule has 1 aliphatic heterocycles. The molecule has 2 atom stereocenters. The molecule has 13 heavy (non-hydrogen) atoms. The van der Waals surface area contributed by atoms with Crippen LogP contribution in [0.5, 0.6) is 0 Å². The van der Waals surface area contributed by atoms with Gasteiger partial charge in [-0.1, -0.05) is 27.7 Å². The summed E-state index contributed by atoms with van der Waals surface area (Å²) in [5, 5.41) is 0. The predicted octanol–water partition coefficient (Wildman–Crippen LogP) is 2.17. The van der Waals surface area contributed by atoms with Gasteiger partial charge in [0.05, 0.1) is 20.1 Å². The number of hydrogen-bond donors (Lipinski definition) is 1. The molecule has 1 N–H and O–H groups in total. The van der Waals surface area contributed by atoms with Crippen LogP contribution in [0.2, 0.25) is 0 Å². The van der Waals surface area contributed by atoms with E-state index in [1.54, 1.807) is 0 Å². The molecular formula is C11H25N2+. The fourth-order valence-electron chi connectivity index (χ4n) is 2.84. The van der Waals surface area contributed by atoms with E-state index in [1.807, 2.05) is 0 Å². The van der Waals surface area contributed by atoms with Gasteiger partial charge >= 0.3 is 0 Å². The Hall–Kier alpha value is -0.0800. The Morgan fingerprint density at radius 2 is 2.00 bits per heavy atom. The van der Waals surface area contributed by atoms with Gasteiger partial charge in [0, 0.05) is 11.8 Å². The quantitative estimate of drug-likeness (QED) is 0.650. The summed E-state index contributed by atoms with van der Waals surface area (Å²) in [6.45, 7) is 11.8. The Labute approximate surface area is 82.9 Å². The molecule has 0 radical (unpaired) electrons. The van der Waals surface area contributed by atoms with Crippen LogP contribution in [-0.2, 0) is 0 Å². The van der Waals surface area contributed by atoms with E-state index >= 15 is 0 Å². The van der Waals surface area contributed by atoms with Crippen molar-refractivity contribution < 1.29 is 4.59 Å².